The minimum atomic E-state index is 0.101. The van der Waals surface area contributed by atoms with Crippen LogP contribution in [0.25, 0.3) is 0 Å². The zero-order valence-corrected chi connectivity index (χ0v) is 17.9. The SMILES string of the molecule is CCCNc1cc(N2CCCC(CCC(=O)Nc3cccc(C)c3C)C2)ncn1. The molecule has 2 heterocycles. The van der Waals surface area contributed by atoms with Gasteiger partial charge in [0, 0.05) is 37.8 Å². The Kier molecular flexibility index (Phi) is 7.44. The van der Waals surface area contributed by atoms with Gasteiger partial charge in [0.1, 0.15) is 18.0 Å². The lowest BCUT2D eigenvalue weighted by Crippen LogP contribution is -2.36. The summed E-state index contributed by atoms with van der Waals surface area (Å²) in [6.07, 6.45) is 6.45. The maximum absolute atomic E-state index is 12.5. The fraction of sp³-hybridized carbons (Fsp3) is 0.522. The third-order valence-electron chi connectivity index (χ3n) is 5.71. The number of benzene rings is 1. The summed E-state index contributed by atoms with van der Waals surface area (Å²) < 4.78 is 0. The summed E-state index contributed by atoms with van der Waals surface area (Å²) in [5, 5.41) is 6.41. The monoisotopic (exact) mass is 395 g/mol. The number of anilines is 3. The Hall–Kier alpha value is -2.63. The summed E-state index contributed by atoms with van der Waals surface area (Å²) in [5.74, 6) is 2.47. The summed E-state index contributed by atoms with van der Waals surface area (Å²) in [7, 11) is 0. The molecule has 1 aromatic carbocycles. The van der Waals surface area contributed by atoms with Crippen molar-refractivity contribution in [3.05, 3.63) is 41.7 Å². The van der Waals surface area contributed by atoms with Crippen molar-refractivity contribution in [1.29, 1.82) is 0 Å². The predicted octanol–water partition coefficient (Wildman–Crippen LogP) is 4.55. The number of nitrogens with one attached hydrogen (secondary N) is 2. The molecule has 2 N–H and O–H groups in total. The molecule has 1 unspecified atom stereocenters. The number of piperidine rings is 1. The topological polar surface area (TPSA) is 70.2 Å². The summed E-state index contributed by atoms with van der Waals surface area (Å²) in [5.41, 5.74) is 3.26. The smallest absolute Gasteiger partial charge is 0.224 e. The molecule has 29 heavy (non-hydrogen) atoms. The molecule has 2 aromatic rings. The molecule has 6 heteroatoms. The fourth-order valence-corrected chi connectivity index (χ4v) is 3.81. The van der Waals surface area contributed by atoms with Gasteiger partial charge in [-0.05, 0) is 62.6 Å². The molecule has 0 radical (unpaired) electrons. The number of carbonyl (C=O) groups excluding carboxylic acids is 1. The van der Waals surface area contributed by atoms with Crippen LogP contribution < -0.4 is 15.5 Å². The van der Waals surface area contributed by atoms with Crippen molar-refractivity contribution in [2.24, 2.45) is 5.92 Å². The standard InChI is InChI=1S/C23H33N5O/c1-4-12-24-21-14-22(26-16-25-21)28-13-6-8-19(15-28)10-11-23(29)27-20-9-5-7-17(2)18(20)3/h5,7,9,14,16,19H,4,6,8,10-13,15H2,1-3H3,(H,27,29)(H,24,25,26). The first-order chi connectivity index (χ1) is 14.1. The number of carbonyl (C=O) groups is 1. The second-order valence-corrected chi connectivity index (χ2v) is 7.98. The second-order valence-electron chi connectivity index (χ2n) is 7.98. The van der Waals surface area contributed by atoms with E-state index in [0.717, 1.165) is 61.8 Å². The lowest BCUT2D eigenvalue weighted by atomic mass is 9.93. The average Bonchev–Trinajstić information content (AvgIpc) is 2.74. The minimum Gasteiger partial charge on any atom is -0.370 e. The van der Waals surface area contributed by atoms with Gasteiger partial charge in [0.05, 0.1) is 0 Å². The van der Waals surface area contributed by atoms with Crippen molar-refractivity contribution in [3.63, 3.8) is 0 Å². The molecule has 1 aromatic heterocycles. The fourth-order valence-electron chi connectivity index (χ4n) is 3.81. The number of hydrogen-bond donors (Lipinski definition) is 2. The van der Waals surface area contributed by atoms with E-state index in [0.29, 0.717) is 12.3 Å². The summed E-state index contributed by atoms with van der Waals surface area (Å²) >= 11 is 0. The molecule has 0 bridgehead atoms. The predicted molar refractivity (Wildman–Crippen MR) is 120 cm³/mol. The van der Waals surface area contributed by atoms with Gasteiger partial charge in [0.2, 0.25) is 5.91 Å². The number of hydrogen-bond acceptors (Lipinski definition) is 5. The molecule has 1 aliphatic rings. The number of aryl methyl sites for hydroxylation is 1. The van der Waals surface area contributed by atoms with E-state index in [4.69, 9.17) is 0 Å². The molecule has 6 nitrogen and oxygen atoms in total. The molecule has 1 saturated heterocycles. The van der Waals surface area contributed by atoms with Crippen LogP contribution in [0.4, 0.5) is 17.3 Å². The van der Waals surface area contributed by atoms with Gasteiger partial charge in [0.15, 0.2) is 0 Å². The summed E-state index contributed by atoms with van der Waals surface area (Å²) in [4.78, 5) is 23.6. The van der Waals surface area contributed by atoms with E-state index >= 15 is 0 Å². The van der Waals surface area contributed by atoms with Gasteiger partial charge in [-0.25, -0.2) is 9.97 Å². The molecule has 1 fully saturated rings. The highest BCUT2D eigenvalue weighted by atomic mass is 16.1. The molecule has 1 amide bonds. The first-order valence-electron chi connectivity index (χ1n) is 10.7. The lowest BCUT2D eigenvalue weighted by Gasteiger charge is -2.33. The highest BCUT2D eigenvalue weighted by molar-refractivity contribution is 5.91. The molecule has 1 atom stereocenters. The molecule has 1 aliphatic heterocycles. The maximum atomic E-state index is 12.5. The van der Waals surface area contributed by atoms with Gasteiger partial charge >= 0.3 is 0 Å². The molecule has 0 saturated carbocycles. The normalized spacial score (nSPS) is 16.5. The van der Waals surface area contributed by atoms with Gasteiger partial charge in [0.25, 0.3) is 0 Å². The van der Waals surface area contributed by atoms with Crippen molar-refractivity contribution in [3.8, 4) is 0 Å². The summed E-state index contributed by atoms with van der Waals surface area (Å²) in [6, 6.07) is 8.06. The van der Waals surface area contributed by atoms with Crippen molar-refractivity contribution >= 4 is 23.2 Å². The van der Waals surface area contributed by atoms with E-state index in [9.17, 15) is 4.79 Å². The second kappa shape index (κ2) is 10.2. The lowest BCUT2D eigenvalue weighted by molar-refractivity contribution is -0.116. The molecular formula is C23H33N5O. The first kappa shape index (κ1) is 21.1. The number of nitrogens with zero attached hydrogens (tertiary/aromatic N) is 3. The molecule has 156 valence electrons. The van der Waals surface area contributed by atoms with Crippen LogP contribution in [0.15, 0.2) is 30.6 Å². The molecule has 0 spiro atoms. The van der Waals surface area contributed by atoms with Crippen LogP contribution in [-0.4, -0.2) is 35.5 Å². The van der Waals surface area contributed by atoms with Crippen molar-refractivity contribution < 1.29 is 4.79 Å². The van der Waals surface area contributed by atoms with Crippen molar-refractivity contribution in [1.82, 2.24) is 9.97 Å². The third kappa shape index (κ3) is 5.92. The van der Waals surface area contributed by atoms with Crippen LogP contribution in [-0.2, 0) is 4.79 Å². The Morgan fingerprint density at radius 1 is 1.28 bits per heavy atom. The Balaban J connectivity index is 1.52. The van der Waals surface area contributed by atoms with Crippen LogP contribution in [0.1, 0.15) is 50.2 Å². The average molecular weight is 396 g/mol. The summed E-state index contributed by atoms with van der Waals surface area (Å²) in [6.45, 7) is 9.12. The highest BCUT2D eigenvalue weighted by Gasteiger charge is 2.22. The Morgan fingerprint density at radius 2 is 2.14 bits per heavy atom. The van der Waals surface area contributed by atoms with Crippen LogP contribution in [0, 0.1) is 19.8 Å². The van der Waals surface area contributed by atoms with E-state index in [1.54, 1.807) is 6.33 Å². The Bertz CT molecular complexity index is 823. The van der Waals surface area contributed by atoms with E-state index in [2.05, 4.69) is 52.3 Å². The molecular weight excluding hydrogens is 362 g/mol. The molecule has 0 aliphatic carbocycles. The van der Waals surface area contributed by atoms with Gasteiger partial charge in [-0.3, -0.25) is 4.79 Å². The third-order valence-corrected chi connectivity index (χ3v) is 5.71. The number of amides is 1. The van der Waals surface area contributed by atoms with Gasteiger partial charge in [-0.1, -0.05) is 19.1 Å². The van der Waals surface area contributed by atoms with Gasteiger partial charge in [-0.15, -0.1) is 0 Å². The Labute approximate surface area is 174 Å². The van der Waals surface area contributed by atoms with Crippen LogP contribution in [0.3, 0.4) is 0 Å². The number of aromatic nitrogens is 2. The van der Waals surface area contributed by atoms with E-state index in [-0.39, 0.29) is 5.91 Å². The van der Waals surface area contributed by atoms with Gasteiger partial charge in [-0.2, -0.15) is 0 Å². The maximum Gasteiger partial charge on any atom is 0.224 e. The Morgan fingerprint density at radius 3 is 2.97 bits per heavy atom. The quantitative estimate of drug-likeness (QED) is 0.686. The van der Waals surface area contributed by atoms with E-state index < -0.39 is 0 Å². The van der Waals surface area contributed by atoms with E-state index in [1.807, 2.05) is 18.2 Å². The number of rotatable bonds is 8. The largest absolute Gasteiger partial charge is 0.370 e. The van der Waals surface area contributed by atoms with Crippen LogP contribution in [0.5, 0.6) is 0 Å². The highest BCUT2D eigenvalue weighted by Crippen LogP contribution is 2.26. The van der Waals surface area contributed by atoms with E-state index in [1.165, 1.54) is 12.0 Å². The van der Waals surface area contributed by atoms with Crippen LogP contribution >= 0.6 is 0 Å². The first-order valence-corrected chi connectivity index (χ1v) is 10.7. The zero-order chi connectivity index (χ0) is 20.6. The van der Waals surface area contributed by atoms with Crippen LogP contribution in [0.2, 0.25) is 0 Å². The minimum absolute atomic E-state index is 0.101. The van der Waals surface area contributed by atoms with Crippen molar-refractivity contribution in [2.45, 2.75) is 52.9 Å². The zero-order valence-electron chi connectivity index (χ0n) is 17.9. The van der Waals surface area contributed by atoms with Crippen molar-refractivity contribution in [2.75, 3.05) is 35.2 Å². The molecule has 3 rings (SSSR count). The van der Waals surface area contributed by atoms with Gasteiger partial charge < -0.3 is 15.5 Å².